The van der Waals surface area contributed by atoms with Crippen LogP contribution in [0, 0.1) is 10.8 Å². The molecule has 0 unspecified atom stereocenters. The van der Waals surface area contributed by atoms with Crippen molar-refractivity contribution < 1.29 is 29.0 Å². The van der Waals surface area contributed by atoms with E-state index in [-0.39, 0.29) is 36.0 Å². The molecule has 0 amide bonds. The van der Waals surface area contributed by atoms with Gasteiger partial charge in [-0.1, -0.05) is 36.4 Å². The molecule has 0 atom stereocenters. The summed E-state index contributed by atoms with van der Waals surface area (Å²) in [5, 5.41) is 9.05. The molecule has 0 bridgehead atoms. The summed E-state index contributed by atoms with van der Waals surface area (Å²) in [7, 11) is 0. The van der Waals surface area contributed by atoms with E-state index in [4.69, 9.17) is 14.6 Å². The lowest BCUT2D eigenvalue weighted by atomic mass is 10.1. The molecule has 2 aliphatic rings. The highest BCUT2D eigenvalue weighted by atomic mass is 16.5. The number of aldehydes is 1. The largest absolute Gasteiger partial charge is 0.461 e. The van der Waals surface area contributed by atoms with Crippen molar-refractivity contribution in [3.63, 3.8) is 0 Å². The predicted molar refractivity (Wildman–Crippen MR) is 110 cm³/mol. The van der Waals surface area contributed by atoms with Crippen LogP contribution in [-0.2, 0) is 14.3 Å². The van der Waals surface area contributed by atoms with Gasteiger partial charge in [0.25, 0.3) is 0 Å². The number of hydrogen-bond acceptors (Lipinski definition) is 6. The fourth-order valence-electron chi connectivity index (χ4n) is 2.72. The first-order chi connectivity index (χ1) is 14.5. The summed E-state index contributed by atoms with van der Waals surface area (Å²) in [6, 6.07) is 17.7. The smallest absolute Gasteiger partial charge is 0.338 e. The van der Waals surface area contributed by atoms with Crippen LogP contribution in [-0.4, -0.2) is 43.2 Å². The molecule has 1 N–H and O–H groups in total. The zero-order chi connectivity index (χ0) is 21.5. The molecule has 158 valence electrons. The molecule has 4 rings (SSSR count). The Labute approximate surface area is 175 Å². The van der Waals surface area contributed by atoms with Gasteiger partial charge < -0.3 is 19.4 Å². The van der Waals surface area contributed by atoms with Crippen LogP contribution in [0.15, 0.2) is 60.7 Å². The summed E-state index contributed by atoms with van der Waals surface area (Å²) in [5.74, 6) is -0.668. The number of rotatable bonds is 8. The Hall–Kier alpha value is -2.99. The maximum Gasteiger partial charge on any atom is 0.338 e. The monoisotopic (exact) mass is 410 g/mol. The first kappa shape index (κ1) is 21.7. The molecule has 2 aromatic rings. The predicted octanol–water partition coefficient (Wildman–Crippen LogP) is 3.44. The van der Waals surface area contributed by atoms with Gasteiger partial charge in [-0.05, 0) is 49.9 Å². The molecule has 0 heterocycles. The standard InChI is InChI=1S/C12H14O3.C12H12O3/c2*13-8-12(6-7-12)9-15-11(14)10-4-2-1-3-5-10/h1-5,13H,6-9H2;1-5,8H,6-7,9H2. The van der Waals surface area contributed by atoms with Crippen molar-refractivity contribution in [1.29, 1.82) is 0 Å². The fraction of sp³-hybridized carbons (Fsp3) is 0.375. The Morgan fingerprint density at radius 1 is 0.800 bits per heavy atom. The summed E-state index contributed by atoms with van der Waals surface area (Å²) >= 11 is 0. The average Bonchev–Trinajstić information content (AvgIpc) is 3.74. The lowest BCUT2D eigenvalue weighted by molar-refractivity contribution is -0.113. The van der Waals surface area contributed by atoms with Gasteiger partial charge in [-0.2, -0.15) is 0 Å². The van der Waals surface area contributed by atoms with E-state index in [0.29, 0.717) is 17.7 Å². The summed E-state index contributed by atoms with van der Waals surface area (Å²) < 4.78 is 10.2. The molecule has 0 aromatic heterocycles. The summed E-state index contributed by atoms with van der Waals surface area (Å²) in [6.07, 6.45) is 4.46. The van der Waals surface area contributed by atoms with Crippen LogP contribution < -0.4 is 0 Å². The number of carbonyl (C=O) groups excluding carboxylic acids is 3. The molecule has 2 saturated carbocycles. The highest BCUT2D eigenvalue weighted by molar-refractivity contribution is 5.89. The molecular formula is C24H26O6. The Balaban J connectivity index is 0.000000171. The Morgan fingerprint density at radius 3 is 1.63 bits per heavy atom. The van der Waals surface area contributed by atoms with Crippen molar-refractivity contribution in [2.45, 2.75) is 25.7 Å². The Bertz CT molecular complexity index is 854. The van der Waals surface area contributed by atoms with E-state index in [9.17, 15) is 14.4 Å². The Kier molecular flexibility index (Phi) is 7.00. The van der Waals surface area contributed by atoms with E-state index in [1.165, 1.54) is 0 Å². The molecule has 2 aliphatic carbocycles. The average molecular weight is 410 g/mol. The zero-order valence-corrected chi connectivity index (χ0v) is 16.8. The molecule has 0 spiro atoms. The fourth-order valence-corrected chi connectivity index (χ4v) is 2.72. The second-order valence-electron chi connectivity index (χ2n) is 8.02. The highest BCUT2D eigenvalue weighted by Gasteiger charge is 2.44. The third kappa shape index (κ3) is 6.00. The van der Waals surface area contributed by atoms with Crippen molar-refractivity contribution >= 4 is 18.2 Å². The van der Waals surface area contributed by atoms with Crippen LogP contribution in [0.5, 0.6) is 0 Å². The Morgan fingerprint density at radius 2 is 1.27 bits per heavy atom. The molecule has 2 fully saturated rings. The molecule has 0 radical (unpaired) electrons. The van der Waals surface area contributed by atoms with Gasteiger partial charge in [0, 0.05) is 5.41 Å². The normalized spacial score (nSPS) is 17.0. The van der Waals surface area contributed by atoms with Crippen molar-refractivity contribution in [1.82, 2.24) is 0 Å². The lowest BCUT2D eigenvalue weighted by Crippen LogP contribution is -2.18. The van der Waals surface area contributed by atoms with E-state index >= 15 is 0 Å². The van der Waals surface area contributed by atoms with Crippen molar-refractivity contribution in [2.24, 2.45) is 10.8 Å². The second-order valence-corrected chi connectivity index (χ2v) is 8.02. The minimum atomic E-state index is -0.371. The van der Waals surface area contributed by atoms with Gasteiger partial charge in [0.15, 0.2) is 0 Å². The number of hydrogen-bond donors (Lipinski definition) is 1. The molecule has 6 heteroatoms. The van der Waals surface area contributed by atoms with Gasteiger partial charge in [-0.3, -0.25) is 0 Å². The van der Waals surface area contributed by atoms with E-state index < -0.39 is 0 Å². The van der Waals surface area contributed by atoms with Gasteiger partial charge in [0.05, 0.1) is 29.8 Å². The van der Waals surface area contributed by atoms with Gasteiger partial charge in [-0.15, -0.1) is 0 Å². The first-order valence-corrected chi connectivity index (χ1v) is 10.0. The molecule has 30 heavy (non-hydrogen) atoms. The second kappa shape index (κ2) is 9.67. The van der Waals surface area contributed by atoms with Gasteiger partial charge in [-0.25, -0.2) is 9.59 Å². The van der Waals surface area contributed by atoms with Crippen LogP contribution in [0.1, 0.15) is 46.4 Å². The van der Waals surface area contributed by atoms with Crippen molar-refractivity contribution in [3.8, 4) is 0 Å². The SMILES string of the molecule is O=C(OCC1(CO)CC1)c1ccccc1.O=CC1(COC(=O)c2ccccc2)CC1. The minimum absolute atomic E-state index is 0.106. The van der Waals surface area contributed by atoms with Gasteiger partial charge in [0.1, 0.15) is 12.9 Å². The number of aliphatic hydroxyl groups excluding tert-OH is 1. The number of benzene rings is 2. The van der Waals surface area contributed by atoms with E-state index in [1.54, 1.807) is 48.5 Å². The van der Waals surface area contributed by atoms with Crippen LogP contribution >= 0.6 is 0 Å². The molecule has 2 aromatic carbocycles. The molecule has 6 nitrogen and oxygen atoms in total. The maximum atomic E-state index is 11.5. The highest BCUT2D eigenvalue weighted by Crippen LogP contribution is 2.45. The van der Waals surface area contributed by atoms with E-state index in [0.717, 1.165) is 32.0 Å². The third-order valence-corrected chi connectivity index (χ3v) is 5.45. The summed E-state index contributed by atoms with van der Waals surface area (Å²) in [6.45, 7) is 0.649. The zero-order valence-electron chi connectivity index (χ0n) is 16.8. The van der Waals surface area contributed by atoms with Crippen molar-refractivity contribution in [3.05, 3.63) is 71.8 Å². The summed E-state index contributed by atoms with van der Waals surface area (Å²) in [5.41, 5.74) is 0.583. The molecular weight excluding hydrogens is 384 g/mol. The number of esters is 2. The third-order valence-electron chi connectivity index (χ3n) is 5.45. The topological polar surface area (TPSA) is 89.9 Å². The van der Waals surface area contributed by atoms with Crippen LogP contribution in [0.2, 0.25) is 0 Å². The number of carbonyl (C=O) groups is 3. The van der Waals surface area contributed by atoms with E-state index in [1.807, 2.05) is 12.1 Å². The van der Waals surface area contributed by atoms with Crippen molar-refractivity contribution in [2.75, 3.05) is 19.8 Å². The first-order valence-electron chi connectivity index (χ1n) is 10.0. The maximum absolute atomic E-state index is 11.5. The lowest BCUT2D eigenvalue weighted by Gasteiger charge is -2.11. The van der Waals surface area contributed by atoms with Gasteiger partial charge in [0.2, 0.25) is 0 Å². The van der Waals surface area contributed by atoms with Gasteiger partial charge >= 0.3 is 11.9 Å². The van der Waals surface area contributed by atoms with Crippen LogP contribution in [0.4, 0.5) is 0 Å². The number of ether oxygens (including phenoxy) is 2. The van der Waals surface area contributed by atoms with Crippen LogP contribution in [0.3, 0.4) is 0 Å². The number of aliphatic hydroxyl groups is 1. The minimum Gasteiger partial charge on any atom is -0.461 e. The molecule has 0 aliphatic heterocycles. The summed E-state index contributed by atoms with van der Waals surface area (Å²) in [4.78, 5) is 33.7. The van der Waals surface area contributed by atoms with Crippen LogP contribution in [0.25, 0.3) is 0 Å². The quantitative estimate of drug-likeness (QED) is 0.530. The van der Waals surface area contributed by atoms with E-state index in [2.05, 4.69) is 0 Å². The molecule has 0 saturated heterocycles.